The molecule has 2 nitrogen and oxygen atoms in total. The summed E-state index contributed by atoms with van der Waals surface area (Å²) in [5, 5.41) is 9.54. The maximum absolute atomic E-state index is 6.72. The lowest BCUT2D eigenvalue weighted by Gasteiger charge is -2.27. The third-order valence-corrected chi connectivity index (χ3v) is 11.2. The van der Waals surface area contributed by atoms with Crippen molar-refractivity contribution in [3.05, 3.63) is 212 Å². The fourth-order valence-electron chi connectivity index (χ4n) is 8.67. The van der Waals surface area contributed by atoms with E-state index < -0.39 is 0 Å². The van der Waals surface area contributed by atoms with Crippen molar-refractivity contribution in [2.24, 2.45) is 0 Å². The number of anilines is 3. The summed E-state index contributed by atoms with van der Waals surface area (Å²) in [5.41, 5.74) is 12.1. The van der Waals surface area contributed by atoms with Gasteiger partial charge in [-0.05, 0) is 102 Å². The highest BCUT2D eigenvalue weighted by atomic mass is 16.3. The van der Waals surface area contributed by atoms with Gasteiger partial charge in [-0.2, -0.15) is 0 Å². The second-order valence-electron chi connectivity index (χ2n) is 14.5. The van der Waals surface area contributed by atoms with Crippen LogP contribution in [0, 0.1) is 0 Å². The monoisotopic (exact) mass is 713 g/mol. The fraction of sp³-hybridized carbons (Fsp3) is 0. The van der Waals surface area contributed by atoms with Crippen LogP contribution in [-0.4, -0.2) is 0 Å². The Bertz CT molecular complexity index is 3240. The van der Waals surface area contributed by atoms with Gasteiger partial charge in [0.05, 0.1) is 5.69 Å². The highest BCUT2D eigenvalue weighted by Gasteiger charge is 2.22. The van der Waals surface area contributed by atoms with Gasteiger partial charge >= 0.3 is 0 Å². The van der Waals surface area contributed by atoms with E-state index in [9.17, 15) is 0 Å². The molecule has 10 aromatic carbocycles. The topological polar surface area (TPSA) is 16.4 Å². The Morgan fingerprint density at radius 3 is 1.64 bits per heavy atom. The highest BCUT2D eigenvalue weighted by molar-refractivity contribution is 6.12. The van der Waals surface area contributed by atoms with Crippen molar-refractivity contribution in [1.82, 2.24) is 0 Å². The second kappa shape index (κ2) is 13.2. The minimum atomic E-state index is 0.860. The summed E-state index contributed by atoms with van der Waals surface area (Å²) in [5.74, 6) is 0. The molecule has 0 saturated heterocycles. The standard InChI is InChI=1S/C54H35NO/c1-2-14-37(15-3-1)45-24-11-19-39-20-12-25-46(53(39)45)38-30-32-41(33-31-38)55(51-28-13-27-49-48-23-8-9-29-52(48)56-54(49)51)42-34-40-17-5-7-22-44(40)50(35-42)47-26-10-18-36-16-4-6-21-43(36)47/h1-35H. The van der Waals surface area contributed by atoms with Crippen LogP contribution < -0.4 is 4.90 Å². The van der Waals surface area contributed by atoms with Gasteiger partial charge in [-0.3, -0.25) is 0 Å². The summed E-state index contributed by atoms with van der Waals surface area (Å²) in [6.45, 7) is 0. The fourth-order valence-corrected chi connectivity index (χ4v) is 8.67. The Morgan fingerprint density at radius 1 is 0.321 bits per heavy atom. The zero-order chi connectivity index (χ0) is 37.0. The molecular formula is C54H35NO. The Labute approximate surface area is 325 Å². The zero-order valence-electron chi connectivity index (χ0n) is 30.6. The Morgan fingerprint density at radius 2 is 0.875 bits per heavy atom. The van der Waals surface area contributed by atoms with E-state index in [1.807, 2.05) is 6.07 Å². The molecule has 0 atom stereocenters. The maximum atomic E-state index is 6.72. The van der Waals surface area contributed by atoms with E-state index in [4.69, 9.17) is 4.42 Å². The molecule has 0 saturated carbocycles. The minimum Gasteiger partial charge on any atom is -0.454 e. The highest BCUT2D eigenvalue weighted by Crippen LogP contribution is 2.46. The van der Waals surface area contributed by atoms with Gasteiger partial charge < -0.3 is 9.32 Å². The van der Waals surface area contributed by atoms with Crippen LogP contribution in [0.2, 0.25) is 0 Å². The van der Waals surface area contributed by atoms with Crippen LogP contribution in [-0.2, 0) is 0 Å². The van der Waals surface area contributed by atoms with Gasteiger partial charge in [0.1, 0.15) is 5.58 Å². The predicted molar refractivity (Wildman–Crippen MR) is 237 cm³/mol. The zero-order valence-corrected chi connectivity index (χ0v) is 30.6. The SMILES string of the molecule is c1ccc(-c2cccc3cccc(-c4ccc(N(c5cc(-c6cccc7ccccc67)c6ccccc6c5)c5cccc6c5oc5ccccc56)cc4)c23)cc1. The molecule has 0 aliphatic rings. The van der Waals surface area contributed by atoms with Gasteiger partial charge in [0.15, 0.2) is 5.58 Å². The molecule has 0 radical (unpaired) electrons. The van der Waals surface area contributed by atoms with Crippen molar-refractivity contribution in [2.45, 2.75) is 0 Å². The first-order valence-corrected chi connectivity index (χ1v) is 19.2. The molecule has 262 valence electrons. The molecule has 0 aliphatic heterocycles. The molecule has 11 aromatic rings. The van der Waals surface area contributed by atoms with Gasteiger partial charge in [0.2, 0.25) is 0 Å². The number of fused-ring (bicyclic) bond motifs is 6. The molecule has 1 heterocycles. The van der Waals surface area contributed by atoms with E-state index in [2.05, 4.69) is 211 Å². The number of rotatable bonds is 6. The van der Waals surface area contributed by atoms with Gasteiger partial charge in [-0.1, -0.05) is 176 Å². The molecule has 0 aliphatic carbocycles. The second-order valence-corrected chi connectivity index (χ2v) is 14.5. The summed E-state index contributed by atoms with van der Waals surface area (Å²) < 4.78 is 6.72. The molecule has 56 heavy (non-hydrogen) atoms. The first-order valence-electron chi connectivity index (χ1n) is 19.2. The number of hydrogen-bond acceptors (Lipinski definition) is 2. The average molecular weight is 714 g/mol. The number of hydrogen-bond donors (Lipinski definition) is 0. The molecule has 1 aromatic heterocycles. The normalized spacial score (nSPS) is 11.6. The van der Waals surface area contributed by atoms with E-state index in [1.165, 1.54) is 65.7 Å². The summed E-state index contributed by atoms with van der Waals surface area (Å²) in [7, 11) is 0. The Kier molecular flexibility index (Phi) is 7.53. The number of nitrogens with zero attached hydrogens (tertiary/aromatic N) is 1. The quantitative estimate of drug-likeness (QED) is 0.171. The van der Waals surface area contributed by atoms with E-state index in [0.29, 0.717) is 0 Å². The lowest BCUT2D eigenvalue weighted by molar-refractivity contribution is 0.669. The van der Waals surface area contributed by atoms with Crippen LogP contribution >= 0.6 is 0 Å². The first-order chi connectivity index (χ1) is 27.8. The summed E-state index contributed by atoms with van der Waals surface area (Å²) >= 11 is 0. The number of furan rings is 1. The van der Waals surface area contributed by atoms with E-state index in [1.54, 1.807) is 0 Å². The molecule has 0 bridgehead atoms. The molecule has 0 spiro atoms. The van der Waals surface area contributed by atoms with E-state index in [0.717, 1.165) is 39.0 Å². The largest absolute Gasteiger partial charge is 0.454 e. The smallest absolute Gasteiger partial charge is 0.159 e. The lowest BCUT2D eigenvalue weighted by atomic mass is 9.91. The van der Waals surface area contributed by atoms with Gasteiger partial charge in [0, 0.05) is 22.1 Å². The molecule has 0 unspecified atom stereocenters. The molecule has 0 fully saturated rings. The van der Waals surface area contributed by atoms with Crippen LogP contribution in [0.25, 0.3) is 87.6 Å². The predicted octanol–water partition coefficient (Wildman–Crippen LogP) is 15.5. The molecule has 0 amide bonds. The van der Waals surface area contributed by atoms with Crippen LogP contribution in [0.4, 0.5) is 17.1 Å². The summed E-state index contributed by atoms with van der Waals surface area (Å²) in [6, 6.07) is 76.5. The van der Waals surface area contributed by atoms with Crippen molar-refractivity contribution in [1.29, 1.82) is 0 Å². The molecular weight excluding hydrogens is 679 g/mol. The van der Waals surface area contributed by atoms with Crippen molar-refractivity contribution in [3.8, 4) is 33.4 Å². The average Bonchev–Trinajstić information content (AvgIpc) is 3.66. The van der Waals surface area contributed by atoms with Crippen molar-refractivity contribution >= 4 is 71.3 Å². The number of para-hydroxylation sites is 2. The van der Waals surface area contributed by atoms with Crippen LogP contribution in [0.5, 0.6) is 0 Å². The summed E-state index contributed by atoms with van der Waals surface area (Å²) in [6.07, 6.45) is 0. The van der Waals surface area contributed by atoms with Gasteiger partial charge in [-0.15, -0.1) is 0 Å². The third kappa shape index (κ3) is 5.26. The van der Waals surface area contributed by atoms with Crippen LogP contribution in [0.3, 0.4) is 0 Å². The minimum absolute atomic E-state index is 0.860. The van der Waals surface area contributed by atoms with Gasteiger partial charge in [-0.25, -0.2) is 0 Å². The van der Waals surface area contributed by atoms with Crippen molar-refractivity contribution in [3.63, 3.8) is 0 Å². The third-order valence-electron chi connectivity index (χ3n) is 11.2. The molecule has 11 rings (SSSR count). The van der Waals surface area contributed by atoms with Crippen LogP contribution in [0.15, 0.2) is 217 Å². The summed E-state index contributed by atoms with van der Waals surface area (Å²) in [4.78, 5) is 2.37. The van der Waals surface area contributed by atoms with Crippen molar-refractivity contribution in [2.75, 3.05) is 4.90 Å². The van der Waals surface area contributed by atoms with Gasteiger partial charge in [0.25, 0.3) is 0 Å². The maximum Gasteiger partial charge on any atom is 0.159 e. The van der Waals surface area contributed by atoms with E-state index >= 15 is 0 Å². The Hall–Kier alpha value is -7.42. The Balaban J connectivity index is 1.14. The lowest BCUT2D eigenvalue weighted by Crippen LogP contribution is -2.10. The van der Waals surface area contributed by atoms with Crippen molar-refractivity contribution < 1.29 is 4.42 Å². The van der Waals surface area contributed by atoms with Crippen LogP contribution in [0.1, 0.15) is 0 Å². The van der Waals surface area contributed by atoms with E-state index in [-0.39, 0.29) is 0 Å². The molecule has 0 N–H and O–H groups in total. The molecule has 2 heteroatoms. The first kappa shape index (κ1) is 32.0. The number of benzene rings is 10.